The van der Waals surface area contributed by atoms with Crippen LogP contribution in [0.15, 0.2) is 4.52 Å². The van der Waals surface area contributed by atoms with Crippen LogP contribution in [-0.2, 0) is 4.74 Å². The maximum absolute atomic E-state index is 9.53. The van der Waals surface area contributed by atoms with Crippen molar-refractivity contribution < 1.29 is 14.4 Å². The minimum atomic E-state index is -0.515. The normalized spacial score (nSPS) is 17.5. The molecule has 5 heteroatoms. The molecule has 0 fully saturated rings. The largest absolute Gasteiger partial charge is 0.393 e. The molecular formula is C13H24N2O3. The Labute approximate surface area is 109 Å². The van der Waals surface area contributed by atoms with E-state index in [0.29, 0.717) is 18.3 Å². The molecule has 0 aromatic carbocycles. The molecule has 1 aromatic rings. The van der Waals surface area contributed by atoms with E-state index < -0.39 is 6.10 Å². The molecule has 18 heavy (non-hydrogen) atoms. The SMILES string of the molecule is CCOC(c1noc(C(C)C(C)O)n1)C(C)(C)C. The molecule has 0 radical (unpaired) electrons. The Morgan fingerprint density at radius 3 is 2.39 bits per heavy atom. The molecule has 0 aliphatic heterocycles. The Kier molecular flexibility index (Phi) is 4.87. The van der Waals surface area contributed by atoms with Crippen molar-refractivity contribution in [2.75, 3.05) is 6.61 Å². The van der Waals surface area contributed by atoms with E-state index >= 15 is 0 Å². The third kappa shape index (κ3) is 3.53. The summed E-state index contributed by atoms with van der Waals surface area (Å²) in [6.07, 6.45) is -0.723. The van der Waals surface area contributed by atoms with Gasteiger partial charge < -0.3 is 14.4 Å². The fourth-order valence-electron chi connectivity index (χ4n) is 1.62. The molecule has 0 amide bonds. The first kappa shape index (κ1) is 15.1. The van der Waals surface area contributed by atoms with Crippen molar-refractivity contribution in [2.24, 2.45) is 5.41 Å². The first-order valence-electron chi connectivity index (χ1n) is 6.40. The standard InChI is InChI=1S/C13H24N2O3/c1-7-17-10(13(4,5)6)11-14-12(18-15-11)8(2)9(3)16/h8-10,16H,7H2,1-6H3. The fraction of sp³-hybridized carbons (Fsp3) is 0.846. The number of aliphatic hydroxyl groups is 1. The number of aromatic nitrogens is 2. The highest BCUT2D eigenvalue weighted by molar-refractivity contribution is 5.00. The van der Waals surface area contributed by atoms with Crippen LogP contribution in [0.4, 0.5) is 0 Å². The second kappa shape index (κ2) is 5.80. The molecule has 5 nitrogen and oxygen atoms in total. The third-order valence-corrected chi connectivity index (χ3v) is 2.92. The molecule has 0 saturated carbocycles. The van der Waals surface area contributed by atoms with Gasteiger partial charge in [-0.2, -0.15) is 4.98 Å². The summed E-state index contributed by atoms with van der Waals surface area (Å²) < 4.78 is 10.9. The molecule has 0 aliphatic rings. The lowest BCUT2D eigenvalue weighted by atomic mass is 9.88. The Balaban J connectivity index is 2.95. The van der Waals surface area contributed by atoms with Gasteiger partial charge >= 0.3 is 0 Å². The van der Waals surface area contributed by atoms with Crippen LogP contribution in [0.3, 0.4) is 0 Å². The molecule has 0 spiro atoms. The minimum absolute atomic E-state index is 0.106. The molecule has 1 aromatic heterocycles. The van der Waals surface area contributed by atoms with E-state index in [1.54, 1.807) is 6.92 Å². The second-order valence-electron chi connectivity index (χ2n) is 5.72. The van der Waals surface area contributed by atoms with Gasteiger partial charge in [-0.15, -0.1) is 0 Å². The summed E-state index contributed by atoms with van der Waals surface area (Å²) in [5, 5.41) is 13.5. The molecule has 0 saturated heterocycles. The molecule has 3 unspecified atom stereocenters. The van der Waals surface area contributed by atoms with E-state index in [0.717, 1.165) is 0 Å². The van der Waals surface area contributed by atoms with Gasteiger partial charge in [-0.3, -0.25) is 0 Å². The summed E-state index contributed by atoms with van der Waals surface area (Å²) in [7, 11) is 0. The molecule has 1 heterocycles. The van der Waals surface area contributed by atoms with Crippen LogP contribution in [0.5, 0.6) is 0 Å². The van der Waals surface area contributed by atoms with E-state index in [2.05, 4.69) is 30.9 Å². The number of aliphatic hydroxyl groups excluding tert-OH is 1. The molecule has 1 rings (SSSR count). The van der Waals surface area contributed by atoms with E-state index in [4.69, 9.17) is 9.26 Å². The zero-order valence-electron chi connectivity index (χ0n) is 12.1. The summed E-state index contributed by atoms with van der Waals surface area (Å²) in [6, 6.07) is 0. The molecule has 0 aliphatic carbocycles. The van der Waals surface area contributed by atoms with Crippen molar-refractivity contribution in [1.82, 2.24) is 10.1 Å². The van der Waals surface area contributed by atoms with Gasteiger partial charge in [0.05, 0.1) is 12.0 Å². The van der Waals surface area contributed by atoms with E-state index in [1.807, 2.05) is 13.8 Å². The smallest absolute Gasteiger partial charge is 0.232 e. The van der Waals surface area contributed by atoms with E-state index in [-0.39, 0.29) is 17.4 Å². The molecule has 104 valence electrons. The highest BCUT2D eigenvalue weighted by Crippen LogP contribution is 2.35. The number of nitrogens with zero attached hydrogens (tertiary/aromatic N) is 2. The van der Waals surface area contributed by atoms with Crippen LogP contribution in [0.1, 0.15) is 65.3 Å². The zero-order chi connectivity index (χ0) is 13.9. The minimum Gasteiger partial charge on any atom is -0.393 e. The molecule has 0 bridgehead atoms. The number of rotatable bonds is 5. The van der Waals surface area contributed by atoms with Gasteiger partial charge in [0.2, 0.25) is 11.7 Å². The van der Waals surface area contributed by atoms with Crippen molar-refractivity contribution in [2.45, 2.75) is 59.7 Å². The van der Waals surface area contributed by atoms with Crippen molar-refractivity contribution in [3.05, 3.63) is 11.7 Å². The van der Waals surface area contributed by atoms with Crippen LogP contribution >= 0.6 is 0 Å². The third-order valence-electron chi connectivity index (χ3n) is 2.92. The lowest BCUT2D eigenvalue weighted by molar-refractivity contribution is -0.0203. The highest BCUT2D eigenvalue weighted by atomic mass is 16.5. The lowest BCUT2D eigenvalue weighted by Gasteiger charge is -2.27. The van der Waals surface area contributed by atoms with Crippen LogP contribution in [-0.4, -0.2) is 28.0 Å². The van der Waals surface area contributed by atoms with Gasteiger partial charge in [-0.25, -0.2) is 0 Å². The number of hydrogen-bond donors (Lipinski definition) is 1. The average molecular weight is 256 g/mol. The van der Waals surface area contributed by atoms with Crippen molar-refractivity contribution in [3.63, 3.8) is 0 Å². The van der Waals surface area contributed by atoms with Gasteiger partial charge in [0.25, 0.3) is 0 Å². The predicted octanol–water partition coefficient (Wildman–Crippen LogP) is 2.68. The summed E-state index contributed by atoms with van der Waals surface area (Å²) in [6.45, 7) is 12.3. The molecular weight excluding hydrogens is 232 g/mol. The Morgan fingerprint density at radius 1 is 1.33 bits per heavy atom. The summed E-state index contributed by atoms with van der Waals surface area (Å²) in [5.74, 6) is 0.828. The zero-order valence-corrected chi connectivity index (χ0v) is 12.1. The van der Waals surface area contributed by atoms with Crippen LogP contribution in [0.25, 0.3) is 0 Å². The Hall–Kier alpha value is -0.940. The highest BCUT2D eigenvalue weighted by Gasteiger charge is 2.32. The Morgan fingerprint density at radius 2 is 1.94 bits per heavy atom. The maximum atomic E-state index is 9.53. The van der Waals surface area contributed by atoms with E-state index in [9.17, 15) is 5.11 Å². The maximum Gasteiger partial charge on any atom is 0.232 e. The fourth-order valence-corrected chi connectivity index (χ4v) is 1.62. The predicted molar refractivity (Wildman–Crippen MR) is 68.2 cm³/mol. The van der Waals surface area contributed by atoms with E-state index in [1.165, 1.54) is 0 Å². The van der Waals surface area contributed by atoms with Gasteiger partial charge in [0.15, 0.2) is 0 Å². The van der Waals surface area contributed by atoms with Crippen molar-refractivity contribution in [3.8, 4) is 0 Å². The number of hydrogen-bond acceptors (Lipinski definition) is 5. The lowest BCUT2D eigenvalue weighted by Crippen LogP contribution is -2.22. The molecule has 1 N–H and O–H groups in total. The first-order valence-corrected chi connectivity index (χ1v) is 6.40. The summed E-state index contributed by atoms with van der Waals surface area (Å²) >= 11 is 0. The van der Waals surface area contributed by atoms with Gasteiger partial charge in [0, 0.05) is 6.61 Å². The van der Waals surface area contributed by atoms with Gasteiger partial charge in [-0.05, 0) is 19.3 Å². The topological polar surface area (TPSA) is 68.4 Å². The van der Waals surface area contributed by atoms with Crippen molar-refractivity contribution in [1.29, 1.82) is 0 Å². The Bertz CT molecular complexity index is 369. The first-order chi connectivity index (χ1) is 8.27. The van der Waals surface area contributed by atoms with Crippen LogP contribution in [0.2, 0.25) is 0 Å². The average Bonchev–Trinajstić information content (AvgIpc) is 2.71. The van der Waals surface area contributed by atoms with Gasteiger partial charge in [0.1, 0.15) is 6.10 Å². The monoisotopic (exact) mass is 256 g/mol. The quantitative estimate of drug-likeness (QED) is 0.877. The van der Waals surface area contributed by atoms with Gasteiger partial charge in [-0.1, -0.05) is 32.9 Å². The molecule has 3 atom stereocenters. The number of ether oxygens (including phenoxy) is 1. The summed E-state index contributed by atoms with van der Waals surface area (Å²) in [5.41, 5.74) is -0.106. The summed E-state index contributed by atoms with van der Waals surface area (Å²) in [4.78, 5) is 4.35. The van der Waals surface area contributed by atoms with Crippen LogP contribution in [0, 0.1) is 5.41 Å². The second-order valence-corrected chi connectivity index (χ2v) is 5.72. The van der Waals surface area contributed by atoms with Crippen LogP contribution < -0.4 is 0 Å². The van der Waals surface area contributed by atoms with Crippen molar-refractivity contribution >= 4 is 0 Å².